The number of nitrogens with zero attached hydrogens (tertiary/aromatic N) is 1. The molecular weight excluding hydrogens is 358 g/mol. The smallest absolute Gasteiger partial charge is 0.318 e. The molecule has 0 unspecified atom stereocenters. The maximum Gasteiger partial charge on any atom is 0.318 e. The number of amidine groups is 1. The molecule has 3 rings (SSSR count). The molecule has 1 amide bonds. The first kappa shape index (κ1) is 19.4. The summed E-state index contributed by atoms with van der Waals surface area (Å²) in [5, 5.41) is 7.44. The summed E-state index contributed by atoms with van der Waals surface area (Å²) in [6, 6.07) is 14.9. The number of rotatable bonds is 6. The number of hydrogen-bond acceptors (Lipinski definition) is 5. The molecule has 0 saturated carbocycles. The van der Waals surface area contributed by atoms with Crippen LogP contribution in [-0.4, -0.2) is 49.4 Å². The average molecular weight is 381 g/mol. The summed E-state index contributed by atoms with van der Waals surface area (Å²) in [5.74, 6) is -0.750. The first-order chi connectivity index (χ1) is 13.4. The molecule has 0 spiro atoms. The largest absolute Gasteiger partial charge is 0.491 e. The molecular formula is C21H23N3O4. The van der Waals surface area contributed by atoms with E-state index < -0.39 is 11.9 Å². The van der Waals surface area contributed by atoms with Gasteiger partial charge < -0.3 is 20.1 Å². The van der Waals surface area contributed by atoms with Crippen LogP contribution in [0.2, 0.25) is 0 Å². The van der Waals surface area contributed by atoms with Gasteiger partial charge in [-0.25, -0.2) is 0 Å². The molecule has 3 N–H and O–H groups in total. The number of nitrogens with two attached hydrogens (primary N) is 1. The molecule has 0 aromatic heterocycles. The van der Waals surface area contributed by atoms with Crippen LogP contribution < -0.4 is 10.5 Å². The zero-order valence-corrected chi connectivity index (χ0v) is 15.8. The number of hydrogen-bond donors (Lipinski definition) is 2. The maximum absolute atomic E-state index is 12.1. The lowest BCUT2D eigenvalue weighted by molar-refractivity contribution is -0.150. The van der Waals surface area contributed by atoms with Gasteiger partial charge in [0, 0.05) is 12.6 Å². The Bertz CT molecular complexity index is 878. The van der Waals surface area contributed by atoms with Crippen LogP contribution in [0.1, 0.15) is 12.0 Å². The summed E-state index contributed by atoms with van der Waals surface area (Å²) < 4.78 is 10.5. The zero-order valence-electron chi connectivity index (χ0n) is 15.8. The number of ether oxygens (including phenoxy) is 2. The summed E-state index contributed by atoms with van der Waals surface area (Å²) in [6.45, 7) is 0.308. The van der Waals surface area contributed by atoms with E-state index in [-0.39, 0.29) is 17.8 Å². The molecule has 146 valence electrons. The van der Waals surface area contributed by atoms with Crippen LogP contribution in [0.25, 0.3) is 11.1 Å². The number of likely N-dealkylation sites (tertiary alicyclic amines) is 1. The first-order valence-electron chi connectivity index (χ1n) is 8.93. The van der Waals surface area contributed by atoms with E-state index >= 15 is 0 Å². The van der Waals surface area contributed by atoms with Crippen molar-refractivity contribution in [1.82, 2.24) is 4.90 Å². The van der Waals surface area contributed by atoms with E-state index in [1.54, 1.807) is 11.9 Å². The van der Waals surface area contributed by atoms with Gasteiger partial charge in [0.15, 0.2) is 0 Å². The van der Waals surface area contributed by atoms with Crippen molar-refractivity contribution in [3.05, 3.63) is 54.1 Å². The summed E-state index contributed by atoms with van der Waals surface area (Å²) in [7, 11) is 2.96. The second-order valence-corrected chi connectivity index (χ2v) is 6.74. The normalized spacial score (nSPS) is 18.8. The van der Waals surface area contributed by atoms with Crippen LogP contribution >= 0.6 is 0 Å². The van der Waals surface area contributed by atoms with Crippen molar-refractivity contribution in [1.29, 1.82) is 5.41 Å². The first-order valence-corrected chi connectivity index (χ1v) is 8.93. The van der Waals surface area contributed by atoms with Gasteiger partial charge in [0.25, 0.3) is 0 Å². The number of amides is 1. The van der Waals surface area contributed by atoms with E-state index in [2.05, 4.69) is 0 Å². The molecule has 0 aliphatic carbocycles. The Hall–Kier alpha value is -3.35. The van der Waals surface area contributed by atoms with E-state index in [0.29, 0.717) is 24.3 Å². The quantitative estimate of drug-likeness (QED) is 0.345. The number of benzene rings is 2. The van der Waals surface area contributed by atoms with Gasteiger partial charge in [-0.05, 0) is 29.7 Å². The Labute approximate surface area is 163 Å². The van der Waals surface area contributed by atoms with Crippen LogP contribution in [0.5, 0.6) is 5.75 Å². The molecule has 2 aromatic carbocycles. The Morgan fingerprint density at radius 1 is 1.14 bits per heavy atom. The molecule has 1 aliphatic rings. The van der Waals surface area contributed by atoms with Gasteiger partial charge in [-0.3, -0.25) is 15.0 Å². The fourth-order valence-corrected chi connectivity index (χ4v) is 3.25. The van der Waals surface area contributed by atoms with Gasteiger partial charge in [0.1, 0.15) is 24.1 Å². The van der Waals surface area contributed by atoms with Crippen molar-refractivity contribution >= 4 is 17.7 Å². The Morgan fingerprint density at radius 3 is 2.25 bits per heavy atom. The van der Waals surface area contributed by atoms with Crippen LogP contribution in [0.3, 0.4) is 0 Å². The third-order valence-electron chi connectivity index (χ3n) is 5.01. The van der Waals surface area contributed by atoms with Crippen molar-refractivity contribution in [2.45, 2.75) is 12.5 Å². The van der Waals surface area contributed by atoms with Crippen molar-refractivity contribution in [3.8, 4) is 16.9 Å². The number of carbonyl (C=O) groups is 2. The summed E-state index contributed by atoms with van der Waals surface area (Å²) >= 11 is 0. The number of nitrogens with one attached hydrogen (secondary N) is 1. The third kappa shape index (κ3) is 3.98. The minimum absolute atomic E-state index is 0.0418. The van der Waals surface area contributed by atoms with Gasteiger partial charge in [-0.1, -0.05) is 36.4 Å². The van der Waals surface area contributed by atoms with Gasteiger partial charge in [0.05, 0.1) is 13.2 Å². The van der Waals surface area contributed by atoms with Gasteiger partial charge in [0.2, 0.25) is 5.91 Å². The monoisotopic (exact) mass is 381 g/mol. The SMILES string of the molecule is COC(=O)[C@H]1C[C@@H](COc2ccc(-c3ccc(C(=N)N)cc3)cc2)N(C)C1=O. The molecule has 2 atom stereocenters. The van der Waals surface area contributed by atoms with E-state index in [1.165, 1.54) is 7.11 Å². The summed E-state index contributed by atoms with van der Waals surface area (Å²) in [5.41, 5.74) is 8.19. The molecule has 1 fully saturated rings. The minimum atomic E-state index is -0.746. The van der Waals surface area contributed by atoms with E-state index in [1.807, 2.05) is 48.5 Å². The van der Waals surface area contributed by atoms with Crippen molar-refractivity contribution < 1.29 is 19.1 Å². The highest BCUT2D eigenvalue weighted by Gasteiger charge is 2.42. The van der Waals surface area contributed by atoms with E-state index in [9.17, 15) is 9.59 Å². The average Bonchev–Trinajstić information content (AvgIpc) is 3.00. The number of likely N-dealkylation sites (N-methyl/N-ethyl adjacent to an activating group) is 1. The lowest BCUT2D eigenvalue weighted by Gasteiger charge is -2.20. The fraction of sp³-hybridized carbons (Fsp3) is 0.286. The molecule has 1 saturated heterocycles. The number of methoxy groups -OCH3 is 1. The number of nitrogen functional groups attached to an aromatic ring is 1. The second kappa shape index (κ2) is 8.12. The highest BCUT2D eigenvalue weighted by molar-refractivity contribution is 5.99. The Morgan fingerprint density at radius 2 is 1.71 bits per heavy atom. The predicted molar refractivity (Wildman–Crippen MR) is 105 cm³/mol. The van der Waals surface area contributed by atoms with Crippen LogP contribution in [0.4, 0.5) is 0 Å². The predicted octanol–water partition coefficient (Wildman–Crippen LogP) is 2.04. The lowest BCUT2D eigenvalue weighted by atomic mass is 10.0. The van der Waals surface area contributed by atoms with Gasteiger partial charge in [-0.15, -0.1) is 0 Å². The van der Waals surface area contributed by atoms with Crippen molar-refractivity contribution in [3.63, 3.8) is 0 Å². The van der Waals surface area contributed by atoms with Gasteiger partial charge in [-0.2, -0.15) is 0 Å². The zero-order chi connectivity index (χ0) is 20.3. The molecule has 2 aromatic rings. The van der Waals surface area contributed by atoms with E-state index in [0.717, 1.165) is 11.1 Å². The molecule has 1 aliphatic heterocycles. The second-order valence-electron chi connectivity index (χ2n) is 6.74. The minimum Gasteiger partial charge on any atom is -0.491 e. The number of esters is 1. The maximum atomic E-state index is 12.1. The molecule has 1 heterocycles. The summed E-state index contributed by atoms with van der Waals surface area (Å²) in [6.07, 6.45) is 0.391. The fourth-order valence-electron chi connectivity index (χ4n) is 3.25. The molecule has 7 heteroatoms. The van der Waals surface area contributed by atoms with E-state index in [4.69, 9.17) is 20.6 Å². The van der Waals surface area contributed by atoms with Crippen LogP contribution in [-0.2, 0) is 14.3 Å². The topological polar surface area (TPSA) is 106 Å². The Balaban J connectivity index is 1.61. The molecule has 28 heavy (non-hydrogen) atoms. The summed E-state index contributed by atoms with van der Waals surface area (Å²) in [4.78, 5) is 25.4. The standard InChI is InChI=1S/C21H23N3O4/c1-24-16(11-18(20(24)25)21(26)27-2)12-28-17-9-7-14(8-10-17)13-3-5-15(6-4-13)19(22)23/h3-10,16,18H,11-12H2,1-2H3,(H3,22,23)/t16-,18-/m0/s1. The highest BCUT2D eigenvalue weighted by Crippen LogP contribution is 2.26. The van der Waals surface area contributed by atoms with Crippen molar-refractivity contribution in [2.75, 3.05) is 20.8 Å². The molecule has 0 bridgehead atoms. The highest BCUT2D eigenvalue weighted by atomic mass is 16.5. The Kier molecular flexibility index (Phi) is 5.63. The van der Waals surface area contributed by atoms with Gasteiger partial charge >= 0.3 is 5.97 Å². The number of carbonyl (C=O) groups excluding carboxylic acids is 2. The molecule has 7 nitrogen and oxygen atoms in total. The molecule has 0 radical (unpaired) electrons. The lowest BCUT2D eigenvalue weighted by Crippen LogP contribution is -2.34. The van der Waals surface area contributed by atoms with Crippen LogP contribution in [0, 0.1) is 11.3 Å². The van der Waals surface area contributed by atoms with Crippen molar-refractivity contribution in [2.24, 2.45) is 11.7 Å². The third-order valence-corrected chi connectivity index (χ3v) is 5.01. The van der Waals surface area contributed by atoms with Crippen LogP contribution in [0.15, 0.2) is 48.5 Å².